The molecule has 1 aromatic carbocycles. The van der Waals surface area contributed by atoms with E-state index >= 15 is 0 Å². The van der Waals surface area contributed by atoms with Crippen LogP contribution in [0.1, 0.15) is 10.4 Å². The van der Waals surface area contributed by atoms with Crippen molar-refractivity contribution in [3.8, 4) is 17.4 Å². The summed E-state index contributed by atoms with van der Waals surface area (Å²) in [4.78, 5) is 16.1. The minimum Gasteiger partial charge on any atom is -0.486 e. The van der Waals surface area contributed by atoms with Gasteiger partial charge in [-0.05, 0) is 12.1 Å². The number of carbonyl (C=O) groups is 1. The highest BCUT2D eigenvalue weighted by atomic mass is 35.5. The van der Waals surface area contributed by atoms with Gasteiger partial charge in [-0.25, -0.2) is 4.98 Å². The fraction of sp³-hybridized carbons (Fsp3) is 0.250. The lowest BCUT2D eigenvalue weighted by atomic mass is 10.2. The van der Waals surface area contributed by atoms with E-state index < -0.39 is 24.6 Å². The monoisotopic (exact) mass is 388 g/mol. The van der Waals surface area contributed by atoms with Crippen molar-refractivity contribution in [3.63, 3.8) is 0 Å². The fourth-order valence-corrected chi connectivity index (χ4v) is 2.38. The van der Waals surface area contributed by atoms with Crippen molar-refractivity contribution in [1.82, 2.24) is 4.98 Å². The van der Waals surface area contributed by atoms with Crippen molar-refractivity contribution in [2.24, 2.45) is 0 Å². The Kier molecular flexibility index (Phi) is 5.08. The predicted octanol–water partition coefficient (Wildman–Crippen LogP) is 3.70. The number of halogens is 4. The summed E-state index contributed by atoms with van der Waals surface area (Å²) in [6.07, 6.45) is -3.33. The molecule has 26 heavy (non-hydrogen) atoms. The third kappa shape index (κ3) is 4.29. The summed E-state index contributed by atoms with van der Waals surface area (Å²) in [6.45, 7) is -0.834. The Morgan fingerprint density at radius 3 is 2.65 bits per heavy atom. The molecule has 1 aliphatic heterocycles. The lowest BCUT2D eigenvalue weighted by Crippen LogP contribution is -2.22. The first-order valence-electron chi connectivity index (χ1n) is 7.38. The molecule has 3 rings (SSSR count). The Morgan fingerprint density at radius 1 is 1.27 bits per heavy atom. The number of hydrogen-bond donors (Lipinski definition) is 1. The van der Waals surface area contributed by atoms with Gasteiger partial charge in [0.2, 0.25) is 5.88 Å². The van der Waals surface area contributed by atoms with E-state index in [1.807, 2.05) is 0 Å². The first-order chi connectivity index (χ1) is 12.3. The number of alkyl halides is 3. The Hall–Kier alpha value is -2.68. The van der Waals surface area contributed by atoms with Crippen LogP contribution in [0.25, 0.3) is 0 Å². The van der Waals surface area contributed by atoms with Crippen molar-refractivity contribution >= 4 is 23.2 Å². The second-order valence-corrected chi connectivity index (χ2v) is 5.60. The first kappa shape index (κ1) is 18.1. The van der Waals surface area contributed by atoms with Gasteiger partial charge in [0.05, 0.1) is 10.7 Å². The van der Waals surface area contributed by atoms with E-state index in [-0.39, 0.29) is 16.3 Å². The molecule has 10 heteroatoms. The van der Waals surface area contributed by atoms with E-state index in [0.717, 1.165) is 0 Å². The van der Waals surface area contributed by atoms with Gasteiger partial charge in [0.25, 0.3) is 5.91 Å². The van der Waals surface area contributed by atoms with Gasteiger partial charge in [0.15, 0.2) is 18.1 Å². The average molecular weight is 389 g/mol. The zero-order chi connectivity index (χ0) is 18.7. The van der Waals surface area contributed by atoms with Crippen LogP contribution in [-0.4, -0.2) is 36.9 Å². The second-order valence-electron chi connectivity index (χ2n) is 5.19. The maximum absolute atomic E-state index is 12.4. The molecular weight excluding hydrogens is 377 g/mol. The summed E-state index contributed by atoms with van der Waals surface area (Å²) < 4.78 is 52.4. The number of nitrogens with zero attached hydrogens (tertiary/aromatic N) is 1. The molecule has 1 amide bonds. The molecule has 0 saturated heterocycles. The summed E-state index contributed by atoms with van der Waals surface area (Å²) in [5.41, 5.74) is 0.0502. The molecule has 0 fully saturated rings. The molecule has 0 bridgehead atoms. The van der Waals surface area contributed by atoms with Crippen LogP contribution in [-0.2, 0) is 0 Å². The molecule has 0 spiro atoms. The number of hydrogen-bond acceptors (Lipinski definition) is 5. The Morgan fingerprint density at radius 2 is 1.96 bits per heavy atom. The van der Waals surface area contributed by atoms with Gasteiger partial charge in [-0.3, -0.25) is 4.79 Å². The standard InChI is InChI=1S/C16H12ClF3N2O4/c17-10-6-12-13(25-5-4-24-12)7-11(10)22-14(23)9-2-1-3-21-15(9)26-8-16(18,19)20/h1-3,6-7H,4-5,8H2,(H,22,23). The van der Waals surface area contributed by atoms with Crippen molar-refractivity contribution in [2.75, 3.05) is 25.1 Å². The van der Waals surface area contributed by atoms with Crippen LogP contribution >= 0.6 is 11.6 Å². The zero-order valence-electron chi connectivity index (χ0n) is 13.1. The van der Waals surface area contributed by atoms with Crippen LogP contribution in [0.3, 0.4) is 0 Å². The summed E-state index contributed by atoms with van der Waals surface area (Å²) in [5.74, 6) is -0.324. The number of pyridine rings is 1. The summed E-state index contributed by atoms with van der Waals surface area (Å²) in [6, 6.07) is 5.65. The number of carbonyl (C=O) groups excluding carboxylic acids is 1. The lowest BCUT2D eigenvalue weighted by molar-refractivity contribution is -0.154. The molecular formula is C16H12ClF3N2O4. The number of amides is 1. The predicted molar refractivity (Wildman–Crippen MR) is 86.2 cm³/mol. The molecule has 0 unspecified atom stereocenters. The minimum atomic E-state index is -4.55. The summed E-state index contributed by atoms with van der Waals surface area (Å²) >= 11 is 6.11. The zero-order valence-corrected chi connectivity index (χ0v) is 13.9. The molecule has 1 aromatic heterocycles. The fourth-order valence-electron chi connectivity index (χ4n) is 2.18. The van der Waals surface area contributed by atoms with Gasteiger partial charge in [-0.2, -0.15) is 13.2 Å². The number of ether oxygens (including phenoxy) is 3. The third-order valence-electron chi connectivity index (χ3n) is 3.27. The van der Waals surface area contributed by atoms with E-state index in [2.05, 4.69) is 15.0 Å². The molecule has 138 valence electrons. The van der Waals surface area contributed by atoms with Gasteiger partial charge in [-0.15, -0.1) is 0 Å². The molecule has 0 atom stereocenters. The molecule has 0 saturated carbocycles. The quantitative estimate of drug-likeness (QED) is 0.865. The summed E-state index contributed by atoms with van der Waals surface area (Å²) in [7, 11) is 0. The van der Waals surface area contributed by atoms with Crippen molar-refractivity contribution < 1.29 is 32.2 Å². The van der Waals surface area contributed by atoms with Gasteiger partial charge in [0.1, 0.15) is 18.8 Å². The van der Waals surface area contributed by atoms with E-state index in [9.17, 15) is 18.0 Å². The molecule has 1 aliphatic rings. The molecule has 1 N–H and O–H groups in total. The van der Waals surface area contributed by atoms with Crippen LogP contribution < -0.4 is 19.5 Å². The van der Waals surface area contributed by atoms with Crippen molar-refractivity contribution in [2.45, 2.75) is 6.18 Å². The first-order valence-corrected chi connectivity index (χ1v) is 7.76. The maximum atomic E-state index is 12.4. The van der Waals surface area contributed by atoms with Gasteiger partial charge in [-0.1, -0.05) is 11.6 Å². The lowest BCUT2D eigenvalue weighted by Gasteiger charge is -2.20. The van der Waals surface area contributed by atoms with E-state index in [0.29, 0.717) is 24.7 Å². The highest BCUT2D eigenvalue weighted by Crippen LogP contribution is 2.38. The molecule has 2 aromatic rings. The van der Waals surface area contributed by atoms with Gasteiger partial charge >= 0.3 is 6.18 Å². The van der Waals surface area contributed by atoms with E-state index in [4.69, 9.17) is 21.1 Å². The van der Waals surface area contributed by atoms with Crippen LogP contribution in [0.4, 0.5) is 18.9 Å². The number of nitrogens with one attached hydrogen (secondary N) is 1. The third-order valence-corrected chi connectivity index (χ3v) is 3.58. The number of fused-ring (bicyclic) bond motifs is 1. The van der Waals surface area contributed by atoms with E-state index in [1.54, 1.807) is 0 Å². The van der Waals surface area contributed by atoms with Crippen molar-refractivity contribution in [3.05, 3.63) is 41.0 Å². The smallest absolute Gasteiger partial charge is 0.422 e. The second kappa shape index (κ2) is 7.28. The molecule has 0 aliphatic carbocycles. The number of benzene rings is 1. The topological polar surface area (TPSA) is 69.7 Å². The van der Waals surface area contributed by atoms with Crippen LogP contribution in [0.5, 0.6) is 17.4 Å². The maximum Gasteiger partial charge on any atom is 0.422 e. The highest BCUT2D eigenvalue weighted by Gasteiger charge is 2.29. The normalized spacial score (nSPS) is 13.2. The number of rotatable bonds is 4. The van der Waals surface area contributed by atoms with Crippen LogP contribution in [0.2, 0.25) is 5.02 Å². The van der Waals surface area contributed by atoms with E-state index in [1.165, 1.54) is 30.5 Å². The van der Waals surface area contributed by atoms with Crippen LogP contribution in [0.15, 0.2) is 30.5 Å². The molecule has 6 nitrogen and oxygen atoms in total. The Labute approximate surface area is 150 Å². The molecule has 2 heterocycles. The van der Waals surface area contributed by atoms with Crippen molar-refractivity contribution in [1.29, 1.82) is 0 Å². The Bertz CT molecular complexity index is 830. The van der Waals surface area contributed by atoms with Gasteiger partial charge < -0.3 is 19.5 Å². The largest absolute Gasteiger partial charge is 0.486 e. The number of anilines is 1. The highest BCUT2D eigenvalue weighted by molar-refractivity contribution is 6.34. The average Bonchev–Trinajstić information content (AvgIpc) is 2.60. The van der Waals surface area contributed by atoms with Crippen LogP contribution in [0, 0.1) is 0 Å². The SMILES string of the molecule is O=C(Nc1cc2c(cc1Cl)OCCO2)c1cccnc1OCC(F)(F)F. The summed E-state index contributed by atoms with van der Waals surface area (Å²) in [5, 5.41) is 2.69. The Balaban J connectivity index is 1.80. The minimum absolute atomic E-state index is 0.164. The molecule has 0 radical (unpaired) electrons. The van der Waals surface area contributed by atoms with Gasteiger partial charge in [0, 0.05) is 18.3 Å². The number of aromatic nitrogens is 1.